The van der Waals surface area contributed by atoms with Crippen molar-refractivity contribution in [2.75, 3.05) is 0 Å². The highest BCUT2D eigenvalue weighted by Gasteiger charge is 2.15. The van der Waals surface area contributed by atoms with Gasteiger partial charge in [-0.1, -0.05) is 17.8 Å². The van der Waals surface area contributed by atoms with Crippen LogP contribution in [0.2, 0.25) is 0 Å². The summed E-state index contributed by atoms with van der Waals surface area (Å²) in [4.78, 5) is 0. The van der Waals surface area contributed by atoms with E-state index in [9.17, 15) is 15.3 Å². The number of phenolic OH excluding ortho intramolecular Hbond substituents is 3. The van der Waals surface area contributed by atoms with Crippen molar-refractivity contribution in [2.45, 2.75) is 12.8 Å². The van der Waals surface area contributed by atoms with E-state index in [1.807, 2.05) is 0 Å². The molecular formula is C74H18O3. The van der Waals surface area contributed by atoms with Crippen LogP contribution >= 0.6 is 0 Å². The number of terminal acetylenes is 3. The highest BCUT2D eigenvalue weighted by Crippen LogP contribution is 2.33. The molecule has 0 radical (unpaired) electrons. The average molecular weight is 955 g/mol. The molecule has 0 saturated heterocycles. The van der Waals surface area contributed by atoms with Gasteiger partial charge in [-0.15, -0.1) is 19.3 Å². The summed E-state index contributed by atoms with van der Waals surface area (Å²) in [6.07, 6.45) is 15.1. The highest BCUT2D eigenvalue weighted by atomic mass is 16.3. The average Bonchev–Trinajstić information content (AvgIpc) is 3.43. The molecular weight excluding hydrogens is 937 g/mol. The lowest BCUT2D eigenvalue weighted by atomic mass is 9.93. The van der Waals surface area contributed by atoms with Crippen molar-refractivity contribution < 1.29 is 15.3 Å². The second-order valence-corrected chi connectivity index (χ2v) is 12.6. The minimum atomic E-state index is -0.0968. The molecule has 0 unspecified atom stereocenters. The second-order valence-electron chi connectivity index (χ2n) is 12.6. The van der Waals surface area contributed by atoms with Crippen LogP contribution in [-0.4, -0.2) is 15.3 Å². The lowest BCUT2D eigenvalue weighted by Crippen LogP contribution is -1.98. The second kappa shape index (κ2) is 38.2. The van der Waals surface area contributed by atoms with Crippen LogP contribution in [0, 0.1) is 321 Å². The quantitative estimate of drug-likeness (QED) is 0.347. The Labute approximate surface area is 451 Å². The standard InChI is InChI=1S/C74H18O3/c1-4-7-10-13-16-19-22-25-28-31-34-37-40-43-46-49-52-65-55-57-72(75)68(59-65)63-70-61-67(54-51-48-45-42-39-36-33-30-27-24-21-18-15-12-9-6-3)62-71(74(70)77)64-69-60-66(56-58-73(69)76)53-50-47-44-41-38-35-32-29-26-23-20-17-14-11-8-5-2/h1-3,55-62,75-77H,63-64H2. The van der Waals surface area contributed by atoms with Crippen LogP contribution in [0.1, 0.15) is 38.9 Å². The maximum Gasteiger partial charge on any atom is 0.122 e. The third-order valence-corrected chi connectivity index (χ3v) is 7.65. The number of rotatable bonds is 4. The molecule has 0 spiro atoms. The summed E-state index contributed by atoms with van der Waals surface area (Å²) in [5.41, 5.74) is 3.22. The largest absolute Gasteiger partial charge is 0.508 e. The molecule has 332 valence electrons. The topological polar surface area (TPSA) is 60.7 Å². The Kier molecular flexibility index (Phi) is 28.0. The van der Waals surface area contributed by atoms with E-state index in [0.717, 1.165) is 0 Å². The maximum absolute atomic E-state index is 11.7. The van der Waals surface area contributed by atoms with E-state index in [-0.39, 0.29) is 30.1 Å². The van der Waals surface area contributed by atoms with Crippen molar-refractivity contribution in [1.29, 1.82) is 0 Å². The third kappa shape index (κ3) is 26.9. The molecule has 0 aliphatic heterocycles. The fraction of sp³-hybridized carbons (Fsp3) is 0.0270. The van der Waals surface area contributed by atoms with Gasteiger partial charge in [-0.2, -0.15) is 0 Å². The Morgan fingerprint density at radius 1 is 0.234 bits per heavy atom. The lowest BCUT2D eigenvalue weighted by Gasteiger charge is -2.14. The Morgan fingerprint density at radius 2 is 0.429 bits per heavy atom. The Balaban J connectivity index is 1.91. The van der Waals surface area contributed by atoms with Gasteiger partial charge in [0.15, 0.2) is 0 Å². The minimum absolute atomic E-state index is 0.0452. The molecule has 0 amide bonds. The van der Waals surface area contributed by atoms with Crippen molar-refractivity contribution >= 4 is 0 Å². The predicted octanol–water partition coefficient (Wildman–Crippen LogP) is 4.01. The van der Waals surface area contributed by atoms with Gasteiger partial charge in [-0.25, -0.2) is 0 Å². The van der Waals surface area contributed by atoms with Gasteiger partial charge >= 0.3 is 0 Å². The fourth-order valence-corrected chi connectivity index (χ4v) is 4.76. The van der Waals surface area contributed by atoms with Crippen LogP contribution in [0.25, 0.3) is 0 Å². The Hall–Kier alpha value is -14.8. The first-order valence-corrected chi connectivity index (χ1v) is 20.8. The highest BCUT2D eigenvalue weighted by molar-refractivity contribution is 5.58. The van der Waals surface area contributed by atoms with Gasteiger partial charge in [0, 0.05) is 29.5 Å². The zero-order chi connectivity index (χ0) is 54.9. The molecule has 0 bridgehead atoms. The molecule has 3 rings (SSSR count). The minimum Gasteiger partial charge on any atom is -0.508 e. The van der Waals surface area contributed by atoms with Crippen molar-refractivity contribution in [3.63, 3.8) is 0 Å². The molecule has 0 heterocycles. The van der Waals surface area contributed by atoms with Gasteiger partial charge in [0.05, 0.1) is 0 Å². The van der Waals surface area contributed by atoms with E-state index in [1.54, 1.807) is 36.4 Å². The molecule has 0 saturated carbocycles. The molecule has 77 heavy (non-hydrogen) atoms. The monoisotopic (exact) mass is 954 g/mol. The summed E-state index contributed by atoms with van der Waals surface area (Å²) in [6, 6.07) is 12.9. The van der Waals surface area contributed by atoms with Gasteiger partial charge in [0.25, 0.3) is 0 Å². The smallest absolute Gasteiger partial charge is 0.122 e. The summed E-state index contributed by atoms with van der Waals surface area (Å²) >= 11 is 0. The summed E-state index contributed by atoms with van der Waals surface area (Å²) in [5.74, 6) is 128. The molecule has 3 N–H and O–H groups in total. The zero-order valence-electron chi connectivity index (χ0n) is 39.6. The van der Waals surface area contributed by atoms with Crippen molar-refractivity contribution in [1.82, 2.24) is 0 Å². The molecule has 0 aliphatic carbocycles. The third-order valence-electron chi connectivity index (χ3n) is 7.65. The van der Waals surface area contributed by atoms with Gasteiger partial charge < -0.3 is 15.3 Å². The van der Waals surface area contributed by atoms with Gasteiger partial charge in [0.1, 0.15) is 17.2 Å². The molecule has 3 aromatic rings. The summed E-state index contributed by atoms with van der Waals surface area (Å²) < 4.78 is 0. The predicted molar refractivity (Wildman–Crippen MR) is 300 cm³/mol. The first-order valence-electron chi connectivity index (χ1n) is 20.8. The van der Waals surface area contributed by atoms with Crippen molar-refractivity contribution in [3.05, 3.63) is 87.5 Å². The van der Waals surface area contributed by atoms with Crippen LogP contribution < -0.4 is 0 Å². The van der Waals surface area contributed by atoms with Crippen LogP contribution in [0.4, 0.5) is 0 Å². The van der Waals surface area contributed by atoms with E-state index in [4.69, 9.17) is 19.3 Å². The molecule has 3 aromatic carbocycles. The molecule has 0 aliphatic rings. The Morgan fingerprint density at radius 3 is 0.662 bits per heavy atom. The van der Waals surface area contributed by atoms with Gasteiger partial charge in [0.2, 0.25) is 0 Å². The lowest BCUT2D eigenvalue weighted by molar-refractivity contribution is 0.457. The van der Waals surface area contributed by atoms with E-state index in [2.05, 4.69) is 302 Å². The summed E-state index contributed by atoms with van der Waals surface area (Å²) in [6.45, 7) is 0. The van der Waals surface area contributed by atoms with E-state index in [1.165, 1.54) is 12.1 Å². The molecule has 3 nitrogen and oxygen atoms in total. The first kappa shape index (κ1) is 56.5. The van der Waals surface area contributed by atoms with Crippen LogP contribution in [0.15, 0.2) is 48.5 Å². The number of hydrogen-bond acceptors (Lipinski definition) is 3. The van der Waals surface area contributed by atoms with Crippen molar-refractivity contribution in [3.8, 4) is 338 Å². The molecule has 3 heteroatoms. The van der Waals surface area contributed by atoms with E-state index < -0.39 is 0 Å². The SMILES string of the molecule is C#CC#CC#CC#CC#CC#CC#CC#CC#Cc1ccc(O)c(Cc2cc(C#CC#CC#CC#CC#CC#CC#CC#CC#C)cc(Cc3cc(C#CC#CC#CC#CC#CC#CC#CC#CC#C)ccc3O)c2O)c1. The van der Waals surface area contributed by atoms with Gasteiger partial charge in [-0.05, 0) is 355 Å². The van der Waals surface area contributed by atoms with E-state index in [0.29, 0.717) is 38.9 Å². The van der Waals surface area contributed by atoms with E-state index >= 15 is 0 Å². The van der Waals surface area contributed by atoms with Crippen LogP contribution in [-0.2, 0) is 12.8 Å². The summed E-state index contributed by atoms with van der Waals surface area (Å²) in [7, 11) is 0. The first-order chi connectivity index (χ1) is 37.9. The Bertz CT molecular complexity index is 4560. The summed E-state index contributed by atoms with van der Waals surface area (Å²) in [5, 5.41) is 33.5. The number of aromatic hydroxyl groups is 3. The zero-order valence-corrected chi connectivity index (χ0v) is 39.6. The van der Waals surface area contributed by atoms with Crippen molar-refractivity contribution in [2.24, 2.45) is 0 Å². The molecule has 0 fully saturated rings. The van der Waals surface area contributed by atoms with Crippen LogP contribution in [0.5, 0.6) is 17.2 Å². The van der Waals surface area contributed by atoms with Gasteiger partial charge in [-0.3, -0.25) is 0 Å². The van der Waals surface area contributed by atoms with Crippen LogP contribution in [0.3, 0.4) is 0 Å². The number of phenols is 3. The fourth-order valence-electron chi connectivity index (χ4n) is 4.76. The molecule has 0 atom stereocenters. The molecule has 0 aromatic heterocycles. The number of hydrogen-bond donors (Lipinski definition) is 3. The normalized spacial score (nSPS) is 6.25. The number of benzene rings is 3. The maximum atomic E-state index is 11.7.